The zero-order valence-corrected chi connectivity index (χ0v) is 12.9. The second-order valence-corrected chi connectivity index (χ2v) is 6.08. The number of hydrogen-bond acceptors (Lipinski definition) is 3. The van der Waals surface area contributed by atoms with Crippen LogP contribution in [0.15, 0.2) is 18.2 Å². The van der Waals surface area contributed by atoms with E-state index in [-0.39, 0.29) is 12.5 Å². The molecule has 1 aliphatic carbocycles. The first kappa shape index (κ1) is 16.1. The van der Waals surface area contributed by atoms with Crippen molar-refractivity contribution in [1.29, 1.82) is 5.26 Å². The molecule has 6 heteroatoms. The zero-order valence-electron chi connectivity index (χ0n) is 11.4. The Hall–Kier alpha value is -1.28. The van der Waals surface area contributed by atoms with Crippen molar-refractivity contribution < 1.29 is 9.90 Å². The molecule has 1 atom stereocenters. The summed E-state index contributed by atoms with van der Waals surface area (Å²) in [6.45, 7) is -0.0221. The third-order valence-electron chi connectivity index (χ3n) is 3.89. The Morgan fingerprint density at radius 1 is 1.38 bits per heavy atom. The number of carbonyl (C=O) groups is 1. The quantitative estimate of drug-likeness (QED) is 0.892. The first-order valence-corrected chi connectivity index (χ1v) is 7.57. The fourth-order valence-electron chi connectivity index (χ4n) is 2.66. The number of rotatable bonds is 4. The second kappa shape index (κ2) is 6.65. The van der Waals surface area contributed by atoms with Crippen LogP contribution >= 0.6 is 23.2 Å². The van der Waals surface area contributed by atoms with Gasteiger partial charge in [0.25, 0.3) is 0 Å². The number of halogens is 2. The fourth-order valence-corrected chi connectivity index (χ4v) is 3.31. The first-order chi connectivity index (χ1) is 10.00. The molecule has 1 aromatic rings. The van der Waals surface area contributed by atoms with E-state index in [1.54, 1.807) is 18.2 Å². The van der Waals surface area contributed by atoms with Crippen LogP contribution < -0.4 is 5.32 Å². The summed E-state index contributed by atoms with van der Waals surface area (Å²) in [6.07, 6.45) is 1.88. The molecule has 1 amide bonds. The lowest BCUT2D eigenvalue weighted by Crippen LogP contribution is -2.40. The molecule has 0 heterocycles. The standard InChI is InChI=1S/C15H16Cl2N2O2/c16-10-4-3-5-11(17)13(10)12(20)8-19-14(21)15(9-18)6-1-2-7-15/h3-5,12,20H,1-2,6-8H2,(H,19,21). The van der Waals surface area contributed by atoms with E-state index in [2.05, 4.69) is 11.4 Å². The van der Waals surface area contributed by atoms with Crippen LogP contribution in [0.1, 0.15) is 37.4 Å². The fraction of sp³-hybridized carbons (Fsp3) is 0.467. The molecule has 4 nitrogen and oxygen atoms in total. The average molecular weight is 327 g/mol. The minimum absolute atomic E-state index is 0.0221. The molecule has 1 fully saturated rings. The maximum atomic E-state index is 12.2. The van der Waals surface area contributed by atoms with E-state index < -0.39 is 11.5 Å². The lowest BCUT2D eigenvalue weighted by atomic mass is 9.87. The van der Waals surface area contributed by atoms with E-state index in [1.807, 2.05) is 0 Å². The van der Waals surface area contributed by atoms with Gasteiger partial charge in [-0.1, -0.05) is 42.1 Å². The molecule has 1 saturated carbocycles. The summed E-state index contributed by atoms with van der Waals surface area (Å²) in [6, 6.07) is 7.05. The summed E-state index contributed by atoms with van der Waals surface area (Å²) in [5, 5.41) is 22.7. The molecule has 0 aromatic heterocycles. The predicted octanol–water partition coefficient (Wildman–Crippen LogP) is 3.23. The van der Waals surface area contributed by atoms with Crippen LogP contribution in [0.3, 0.4) is 0 Å². The molecule has 1 unspecified atom stereocenters. The summed E-state index contributed by atoms with van der Waals surface area (Å²) in [7, 11) is 0. The molecule has 0 radical (unpaired) electrons. The number of nitriles is 1. The van der Waals surface area contributed by atoms with E-state index in [0.717, 1.165) is 12.8 Å². The van der Waals surface area contributed by atoms with Crippen LogP contribution in [-0.4, -0.2) is 17.6 Å². The van der Waals surface area contributed by atoms with Crippen molar-refractivity contribution in [2.45, 2.75) is 31.8 Å². The van der Waals surface area contributed by atoms with Crippen molar-refractivity contribution in [1.82, 2.24) is 5.32 Å². The Morgan fingerprint density at radius 3 is 2.48 bits per heavy atom. The molecule has 2 N–H and O–H groups in total. The summed E-state index contributed by atoms with van der Waals surface area (Å²) in [5.74, 6) is -0.329. The molecule has 2 rings (SSSR count). The molecule has 1 aromatic carbocycles. The highest BCUT2D eigenvalue weighted by molar-refractivity contribution is 6.36. The van der Waals surface area contributed by atoms with Crippen molar-refractivity contribution in [3.8, 4) is 6.07 Å². The third-order valence-corrected chi connectivity index (χ3v) is 4.55. The van der Waals surface area contributed by atoms with Gasteiger partial charge in [0.05, 0.1) is 12.2 Å². The summed E-state index contributed by atoms with van der Waals surface area (Å²) < 4.78 is 0. The second-order valence-electron chi connectivity index (χ2n) is 5.26. The summed E-state index contributed by atoms with van der Waals surface area (Å²) in [5.41, 5.74) is -0.567. The zero-order chi connectivity index (χ0) is 15.5. The number of benzene rings is 1. The highest BCUT2D eigenvalue weighted by Gasteiger charge is 2.41. The molecule has 0 aliphatic heterocycles. The largest absolute Gasteiger partial charge is 0.386 e. The molecular formula is C15H16Cl2N2O2. The Kier molecular flexibility index (Phi) is 5.10. The van der Waals surface area contributed by atoms with Crippen LogP contribution in [0.2, 0.25) is 10.0 Å². The van der Waals surface area contributed by atoms with Crippen LogP contribution in [-0.2, 0) is 4.79 Å². The highest BCUT2D eigenvalue weighted by Crippen LogP contribution is 2.38. The van der Waals surface area contributed by atoms with E-state index in [4.69, 9.17) is 23.2 Å². The Bertz CT molecular complexity index is 557. The van der Waals surface area contributed by atoms with Crippen LogP contribution in [0.5, 0.6) is 0 Å². The number of carbonyl (C=O) groups excluding carboxylic acids is 1. The van der Waals surface area contributed by atoms with Gasteiger partial charge in [-0.25, -0.2) is 0 Å². The average Bonchev–Trinajstić information content (AvgIpc) is 2.94. The number of nitrogens with zero attached hydrogens (tertiary/aromatic N) is 1. The lowest BCUT2D eigenvalue weighted by molar-refractivity contribution is -0.128. The highest BCUT2D eigenvalue weighted by atomic mass is 35.5. The van der Waals surface area contributed by atoms with E-state index in [9.17, 15) is 15.2 Å². The third kappa shape index (κ3) is 3.32. The van der Waals surface area contributed by atoms with Crippen molar-refractivity contribution in [2.24, 2.45) is 5.41 Å². The van der Waals surface area contributed by atoms with Crippen molar-refractivity contribution in [3.63, 3.8) is 0 Å². The minimum Gasteiger partial charge on any atom is -0.386 e. The number of aliphatic hydroxyl groups is 1. The number of amides is 1. The van der Waals surface area contributed by atoms with Gasteiger partial charge in [-0.15, -0.1) is 0 Å². The van der Waals surface area contributed by atoms with Crippen LogP contribution in [0.4, 0.5) is 0 Å². The molecule has 1 aliphatic rings. The first-order valence-electron chi connectivity index (χ1n) is 6.82. The van der Waals surface area contributed by atoms with Gasteiger partial charge < -0.3 is 10.4 Å². The molecule has 0 saturated heterocycles. The van der Waals surface area contributed by atoms with Crippen molar-refractivity contribution >= 4 is 29.1 Å². The Balaban J connectivity index is 2.03. The molecule has 0 bridgehead atoms. The summed E-state index contributed by atoms with van der Waals surface area (Å²) in [4.78, 5) is 12.2. The minimum atomic E-state index is -1.01. The van der Waals surface area contributed by atoms with E-state index in [1.165, 1.54) is 0 Å². The van der Waals surface area contributed by atoms with E-state index in [0.29, 0.717) is 28.5 Å². The maximum absolute atomic E-state index is 12.2. The van der Waals surface area contributed by atoms with Gasteiger partial charge in [0.1, 0.15) is 5.41 Å². The van der Waals surface area contributed by atoms with Gasteiger partial charge in [0.2, 0.25) is 5.91 Å². The van der Waals surface area contributed by atoms with Crippen LogP contribution in [0.25, 0.3) is 0 Å². The van der Waals surface area contributed by atoms with E-state index >= 15 is 0 Å². The molecule has 21 heavy (non-hydrogen) atoms. The monoisotopic (exact) mass is 326 g/mol. The van der Waals surface area contributed by atoms with Crippen LogP contribution in [0, 0.1) is 16.7 Å². The Labute approximate surface area is 133 Å². The number of aliphatic hydroxyl groups excluding tert-OH is 1. The Morgan fingerprint density at radius 2 is 1.95 bits per heavy atom. The molecule has 112 valence electrons. The van der Waals surface area contributed by atoms with Gasteiger partial charge in [-0.2, -0.15) is 5.26 Å². The predicted molar refractivity (Wildman–Crippen MR) is 80.9 cm³/mol. The molecule has 0 spiro atoms. The smallest absolute Gasteiger partial charge is 0.240 e. The van der Waals surface area contributed by atoms with Gasteiger partial charge in [0, 0.05) is 22.2 Å². The number of hydrogen-bond donors (Lipinski definition) is 2. The maximum Gasteiger partial charge on any atom is 0.240 e. The number of nitrogens with one attached hydrogen (secondary N) is 1. The van der Waals surface area contributed by atoms with Gasteiger partial charge >= 0.3 is 0 Å². The van der Waals surface area contributed by atoms with Gasteiger partial charge in [-0.3, -0.25) is 4.79 Å². The lowest BCUT2D eigenvalue weighted by Gasteiger charge is -2.21. The topological polar surface area (TPSA) is 73.1 Å². The van der Waals surface area contributed by atoms with Gasteiger partial charge in [-0.05, 0) is 25.0 Å². The molecular weight excluding hydrogens is 311 g/mol. The summed E-state index contributed by atoms with van der Waals surface area (Å²) >= 11 is 12.0. The van der Waals surface area contributed by atoms with Crippen molar-refractivity contribution in [3.05, 3.63) is 33.8 Å². The normalized spacial score (nSPS) is 18.0. The van der Waals surface area contributed by atoms with Gasteiger partial charge in [0.15, 0.2) is 0 Å². The van der Waals surface area contributed by atoms with Crippen molar-refractivity contribution in [2.75, 3.05) is 6.54 Å². The SMILES string of the molecule is N#CC1(C(=O)NCC(O)c2c(Cl)cccc2Cl)CCCC1.